The molecule has 1 N–H and O–H groups in total. The predicted octanol–water partition coefficient (Wildman–Crippen LogP) is 4.92. The molecule has 0 unspecified atom stereocenters. The Morgan fingerprint density at radius 3 is 2.55 bits per heavy atom. The van der Waals surface area contributed by atoms with E-state index in [1.807, 2.05) is 48.5 Å². The minimum atomic E-state index is -0.673. The SMILES string of the molecule is O=C(COC(=O)/C=C/c1nc2ccccc2o1)Nc1ccc2oc3ccccc3c2c1. The van der Waals surface area contributed by atoms with Crippen molar-refractivity contribution in [3.63, 3.8) is 0 Å². The van der Waals surface area contributed by atoms with E-state index in [2.05, 4.69) is 10.3 Å². The van der Waals surface area contributed by atoms with E-state index >= 15 is 0 Å². The zero-order valence-corrected chi connectivity index (χ0v) is 16.2. The second-order valence-corrected chi connectivity index (χ2v) is 6.82. The topological polar surface area (TPSA) is 94.6 Å². The van der Waals surface area contributed by atoms with Crippen LogP contribution in [0.5, 0.6) is 0 Å². The van der Waals surface area contributed by atoms with Crippen molar-refractivity contribution in [1.29, 1.82) is 0 Å². The average molecular weight is 412 g/mol. The molecule has 0 atom stereocenters. The van der Waals surface area contributed by atoms with Crippen molar-refractivity contribution in [3.05, 3.63) is 78.7 Å². The average Bonchev–Trinajstić information content (AvgIpc) is 3.37. The van der Waals surface area contributed by atoms with Gasteiger partial charge >= 0.3 is 5.97 Å². The maximum absolute atomic E-state index is 12.2. The van der Waals surface area contributed by atoms with Crippen LogP contribution in [0.2, 0.25) is 0 Å². The quantitative estimate of drug-likeness (QED) is 0.325. The lowest BCUT2D eigenvalue weighted by Gasteiger charge is -2.05. The molecule has 0 aliphatic heterocycles. The minimum Gasteiger partial charge on any atom is -0.456 e. The van der Waals surface area contributed by atoms with E-state index < -0.39 is 18.5 Å². The Labute approximate surface area is 175 Å². The number of para-hydroxylation sites is 3. The number of ether oxygens (including phenoxy) is 1. The maximum atomic E-state index is 12.2. The molecule has 31 heavy (non-hydrogen) atoms. The van der Waals surface area contributed by atoms with Crippen LogP contribution in [0.15, 0.2) is 81.6 Å². The van der Waals surface area contributed by atoms with Crippen LogP contribution in [0.25, 0.3) is 39.1 Å². The number of esters is 1. The van der Waals surface area contributed by atoms with Gasteiger partial charge in [0.2, 0.25) is 5.89 Å². The Balaban J connectivity index is 1.20. The number of carbonyl (C=O) groups is 2. The Kier molecular flexibility index (Phi) is 4.68. The number of anilines is 1. The summed E-state index contributed by atoms with van der Waals surface area (Å²) < 4.78 is 16.2. The van der Waals surface area contributed by atoms with Gasteiger partial charge in [0, 0.05) is 28.6 Å². The fraction of sp³-hybridized carbons (Fsp3) is 0.0417. The Hall–Kier alpha value is -4.39. The van der Waals surface area contributed by atoms with E-state index in [-0.39, 0.29) is 5.89 Å². The van der Waals surface area contributed by atoms with Crippen LogP contribution in [0.3, 0.4) is 0 Å². The van der Waals surface area contributed by atoms with Crippen LogP contribution >= 0.6 is 0 Å². The predicted molar refractivity (Wildman–Crippen MR) is 116 cm³/mol. The molecule has 2 heterocycles. The fourth-order valence-corrected chi connectivity index (χ4v) is 3.29. The monoisotopic (exact) mass is 412 g/mol. The van der Waals surface area contributed by atoms with Crippen molar-refractivity contribution in [2.45, 2.75) is 0 Å². The van der Waals surface area contributed by atoms with Gasteiger partial charge in [0.05, 0.1) is 0 Å². The standard InChI is InChI=1S/C24H16N2O5/c27-22(14-29-24(28)12-11-23-26-18-6-2-4-8-21(18)31-23)25-15-9-10-20-17(13-15)16-5-1-3-7-19(16)30-20/h1-13H,14H2,(H,25,27)/b12-11+. The van der Waals surface area contributed by atoms with E-state index in [0.717, 1.165) is 21.9 Å². The number of benzene rings is 3. The third-order valence-electron chi connectivity index (χ3n) is 4.68. The van der Waals surface area contributed by atoms with Crippen LogP contribution in [0.1, 0.15) is 5.89 Å². The van der Waals surface area contributed by atoms with Gasteiger partial charge < -0.3 is 18.9 Å². The molecule has 5 rings (SSSR count). The van der Waals surface area contributed by atoms with Crippen molar-refractivity contribution in [2.75, 3.05) is 11.9 Å². The molecule has 5 aromatic rings. The van der Waals surface area contributed by atoms with Crippen molar-refractivity contribution in [2.24, 2.45) is 0 Å². The van der Waals surface area contributed by atoms with Crippen molar-refractivity contribution < 1.29 is 23.2 Å². The lowest BCUT2D eigenvalue weighted by atomic mass is 10.1. The Bertz CT molecular complexity index is 1430. The number of nitrogens with one attached hydrogen (secondary N) is 1. The molecule has 3 aromatic carbocycles. The highest BCUT2D eigenvalue weighted by Crippen LogP contribution is 2.30. The molecule has 0 aliphatic carbocycles. The molecular weight excluding hydrogens is 396 g/mol. The second kappa shape index (κ2) is 7.79. The minimum absolute atomic E-state index is 0.281. The van der Waals surface area contributed by atoms with Gasteiger partial charge in [0.1, 0.15) is 16.7 Å². The van der Waals surface area contributed by atoms with E-state index in [9.17, 15) is 9.59 Å². The smallest absolute Gasteiger partial charge is 0.331 e. The van der Waals surface area contributed by atoms with Gasteiger partial charge in [0.15, 0.2) is 12.2 Å². The van der Waals surface area contributed by atoms with Gasteiger partial charge in [-0.2, -0.15) is 0 Å². The van der Waals surface area contributed by atoms with Crippen molar-refractivity contribution >= 4 is 56.7 Å². The first kappa shape index (κ1) is 18.6. The molecule has 0 spiro atoms. The molecule has 152 valence electrons. The summed E-state index contributed by atoms with van der Waals surface area (Å²) in [5.41, 5.74) is 3.41. The summed E-state index contributed by atoms with van der Waals surface area (Å²) in [5.74, 6) is -0.840. The lowest BCUT2D eigenvalue weighted by Crippen LogP contribution is -2.20. The molecule has 0 bridgehead atoms. The van der Waals surface area contributed by atoms with Gasteiger partial charge in [0.25, 0.3) is 5.91 Å². The van der Waals surface area contributed by atoms with Gasteiger partial charge in [-0.3, -0.25) is 4.79 Å². The highest BCUT2D eigenvalue weighted by atomic mass is 16.5. The van der Waals surface area contributed by atoms with Crippen LogP contribution in [0.4, 0.5) is 5.69 Å². The third-order valence-corrected chi connectivity index (χ3v) is 4.68. The molecule has 0 aliphatic rings. The number of carbonyl (C=O) groups excluding carboxylic acids is 2. The van der Waals surface area contributed by atoms with Crippen LogP contribution in [0, 0.1) is 0 Å². The molecule has 2 aromatic heterocycles. The summed E-state index contributed by atoms with van der Waals surface area (Å²) in [5, 5.41) is 4.58. The number of aromatic nitrogens is 1. The zero-order valence-electron chi connectivity index (χ0n) is 16.2. The number of hydrogen-bond acceptors (Lipinski definition) is 6. The molecule has 1 amide bonds. The summed E-state index contributed by atoms with van der Waals surface area (Å²) in [6, 6.07) is 20.3. The first-order valence-corrected chi connectivity index (χ1v) is 9.57. The lowest BCUT2D eigenvalue weighted by molar-refractivity contribution is -0.142. The highest BCUT2D eigenvalue weighted by molar-refractivity contribution is 6.07. The van der Waals surface area contributed by atoms with E-state index in [0.29, 0.717) is 16.8 Å². The normalized spacial score (nSPS) is 11.5. The van der Waals surface area contributed by atoms with Crippen molar-refractivity contribution in [1.82, 2.24) is 4.98 Å². The number of oxazole rings is 1. The Morgan fingerprint density at radius 1 is 0.903 bits per heavy atom. The van der Waals surface area contributed by atoms with Gasteiger partial charge in [-0.25, -0.2) is 9.78 Å². The van der Waals surface area contributed by atoms with Crippen LogP contribution in [-0.2, 0) is 14.3 Å². The number of furan rings is 1. The second-order valence-electron chi connectivity index (χ2n) is 6.82. The zero-order chi connectivity index (χ0) is 21.2. The summed E-state index contributed by atoms with van der Waals surface area (Å²) in [6.45, 7) is -0.416. The maximum Gasteiger partial charge on any atom is 0.331 e. The number of rotatable bonds is 5. The fourth-order valence-electron chi connectivity index (χ4n) is 3.29. The molecule has 0 fully saturated rings. The largest absolute Gasteiger partial charge is 0.456 e. The molecule has 7 heteroatoms. The van der Waals surface area contributed by atoms with E-state index in [1.165, 1.54) is 12.2 Å². The highest BCUT2D eigenvalue weighted by Gasteiger charge is 2.10. The molecule has 0 saturated carbocycles. The van der Waals surface area contributed by atoms with E-state index in [4.69, 9.17) is 13.6 Å². The molecule has 0 saturated heterocycles. The van der Waals surface area contributed by atoms with Crippen molar-refractivity contribution in [3.8, 4) is 0 Å². The summed E-state index contributed by atoms with van der Waals surface area (Å²) in [7, 11) is 0. The number of amides is 1. The van der Waals surface area contributed by atoms with Crippen LogP contribution in [-0.4, -0.2) is 23.5 Å². The summed E-state index contributed by atoms with van der Waals surface area (Å²) in [4.78, 5) is 28.3. The van der Waals surface area contributed by atoms with Crippen LogP contribution < -0.4 is 5.32 Å². The Morgan fingerprint density at radius 2 is 1.68 bits per heavy atom. The first-order valence-electron chi connectivity index (χ1n) is 9.57. The van der Waals surface area contributed by atoms with Gasteiger partial charge in [-0.15, -0.1) is 0 Å². The summed E-state index contributed by atoms with van der Waals surface area (Å²) in [6.07, 6.45) is 2.57. The molecule has 7 nitrogen and oxygen atoms in total. The van der Waals surface area contributed by atoms with Gasteiger partial charge in [-0.1, -0.05) is 30.3 Å². The van der Waals surface area contributed by atoms with Gasteiger partial charge in [-0.05, 0) is 36.4 Å². The van der Waals surface area contributed by atoms with E-state index in [1.54, 1.807) is 18.2 Å². The number of nitrogens with zero attached hydrogens (tertiary/aromatic N) is 1. The third kappa shape index (κ3) is 3.89. The number of hydrogen-bond donors (Lipinski definition) is 1. The first-order chi connectivity index (χ1) is 15.2. The molecule has 0 radical (unpaired) electrons. The molecular formula is C24H16N2O5. The number of fused-ring (bicyclic) bond motifs is 4. The summed E-state index contributed by atoms with van der Waals surface area (Å²) >= 11 is 0.